The van der Waals surface area contributed by atoms with E-state index in [4.69, 9.17) is 4.74 Å². The summed E-state index contributed by atoms with van der Waals surface area (Å²) < 4.78 is 4.97. The van der Waals surface area contributed by atoms with Crippen molar-refractivity contribution in [1.29, 1.82) is 0 Å². The van der Waals surface area contributed by atoms with Gasteiger partial charge < -0.3 is 4.74 Å². The molecule has 1 aromatic heterocycles. The maximum Gasteiger partial charge on any atom is 0.171 e. The van der Waals surface area contributed by atoms with Gasteiger partial charge in [-0.3, -0.25) is 4.79 Å². The number of Topliss-reactive ketones (excluding diaryl/α,β-unsaturated/α-hetero) is 1. The normalized spacial score (nSPS) is 10.4. The number of hydrogen-bond acceptors (Lipinski definition) is 4. The Morgan fingerprint density at radius 2 is 2.31 bits per heavy atom. The van der Waals surface area contributed by atoms with Crippen molar-refractivity contribution < 1.29 is 9.53 Å². The number of carbonyl (C=O) groups excluding carboxylic acids is 1. The van der Waals surface area contributed by atoms with Crippen LogP contribution in [-0.2, 0) is 17.8 Å². The first-order valence-electron chi connectivity index (χ1n) is 4.17. The fourth-order valence-electron chi connectivity index (χ4n) is 1.06. The Hall–Kier alpha value is -0.740. The number of hydrogen-bond donors (Lipinski definition) is 0. The second-order valence-electron chi connectivity index (χ2n) is 2.73. The molecule has 1 rings (SSSR count). The van der Waals surface area contributed by atoms with Crippen LogP contribution in [0.5, 0.6) is 0 Å². The lowest BCUT2D eigenvalue weighted by Gasteiger charge is -1.95. The summed E-state index contributed by atoms with van der Waals surface area (Å²) in [4.78, 5) is 16.2. The van der Waals surface area contributed by atoms with Crippen LogP contribution in [0.15, 0.2) is 0 Å². The Morgan fingerprint density at radius 3 is 2.77 bits per heavy atom. The highest BCUT2D eigenvalue weighted by Gasteiger charge is 2.13. The number of rotatable bonds is 4. The average Bonchev–Trinajstić information content (AvgIpc) is 2.48. The number of thiazole rings is 1. The summed E-state index contributed by atoms with van der Waals surface area (Å²) in [5.41, 5.74) is 0.775. The number of ether oxygens (including phenoxy) is 1. The van der Waals surface area contributed by atoms with Gasteiger partial charge in [0.05, 0.1) is 22.2 Å². The van der Waals surface area contributed by atoms with Gasteiger partial charge in [-0.25, -0.2) is 4.98 Å². The van der Waals surface area contributed by atoms with Gasteiger partial charge in [0.2, 0.25) is 0 Å². The molecule has 1 aromatic rings. The minimum atomic E-state index is 0.0734. The number of nitrogens with zero attached hydrogens (tertiary/aromatic N) is 1. The summed E-state index contributed by atoms with van der Waals surface area (Å²) in [5.74, 6) is 0.0734. The molecule has 3 nitrogen and oxygen atoms in total. The molecular weight excluding hydrogens is 186 g/mol. The van der Waals surface area contributed by atoms with Gasteiger partial charge in [0.1, 0.15) is 0 Å². The van der Waals surface area contributed by atoms with E-state index in [1.807, 2.05) is 6.92 Å². The third kappa shape index (κ3) is 2.35. The smallest absolute Gasteiger partial charge is 0.171 e. The van der Waals surface area contributed by atoms with E-state index in [1.54, 1.807) is 14.0 Å². The molecule has 0 atom stereocenters. The molecule has 0 N–H and O–H groups in total. The molecule has 72 valence electrons. The van der Waals surface area contributed by atoms with E-state index in [9.17, 15) is 4.79 Å². The number of ketones is 1. The van der Waals surface area contributed by atoms with Crippen LogP contribution in [0.2, 0.25) is 0 Å². The van der Waals surface area contributed by atoms with Crippen molar-refractivity contribution in [3.05, 3.63) is 15.6 Å². The largest absolute Gasteiger partial charge is 0.378 e. The van der Waals surface area contributed by atoms with Crippen molar-refractivity contribution in [3.63, 3.8) is 0 Å². The topological polar surface area (TPSA) is 39.2 Å². The Labute approximate surface area is 81.8 Å². The molecule has 1 heterocycles. The van der Waals surface area contributed by atoms with Crippen LogP contribution in [0.1, 0.15) is 34.2 Å². The molecule has 0 aliphatic carbocycles. The number of aryl methyl sites for hydroxylation is 1. The zero-order chi connectivity index (χ0) is 9.84. The Bertz CT molecular complexity index is 307. The van der Waals surface area contributed by atoms with Crippen LogP contribution in [0, 0.1) is 0 Å². The Morgan fingerprint density at radius 1 is 1.62 bits per heavy atom. The van der Waals surface area contributed by atoms with Crippen LogP contribution >= 0.6 is 11.3 Å². The summed E-state index contributed by atoms with van der Waals surface area (Å²) in [6.45, 7) is 4.01. The van der Waals surface area contributed by atoms with Crippen molar-refractivity contribution in [2.24, 2.45) is 0 Å². The van der Waals surface area contributed by atoms with Crippen molar-refractivity contribution in [1.82, 2.24) is 4.98 Å². The summed E-state index contributed by atoms with van der Waals surface area (Å²) in [6, 6.07) is 0. The fourth-order valence-corrected chi connectivity index (χ4v) is 1.96. The van der Waals surface area contributed by atoms with Crippen LogP contribution in [-0.4, -0.2) is 17.9 Å². The fraction of sp³-hybridized carbons (Fsp3) is 0.556. The van der Waals surface area contributed by atoms with Gasteiger partial charge in [-0.2, -0.15) is 0 Å². The summed E-state index contributed by atoms with van der Waals surface area (Å²) in [7, 11) is 1.61. The van der Waals surface area contributed by atoms with Crippen LogP contribution < -0.4 is 0 Å². The molecule has 0 bridgehead atoms. The zero-order valence-electron chi connectivity index (χ0n) is 8.09. The van der Waals surface area contributed by atoms with Gasteiger partial charge in [0.25, 0.3) is 0 Å². The second kappa shape index (κ2) is 4.48. The molecule has 0 spiro atoms. The maximum absolute atomic E-state index is 11.2. The molecule has 4 heteroatoms. The first kappa shape index (κ1) is 10.3. The van der Waals surface area contributed by atoms with Gasteiger partial charge in [0.15, 0.2) is 5.78 Å². The van der Waals surface area contributed by atoms with Gasteiger partial charge >= 0.3 is 0 Å². The summed E-state index contributed by atoms with van der Waals surface area (Å²) in [6.07, 6.45) is 0.870. The molecule has 0 radical (unpaired) electrons. The third-order valence-corrected chi connectivity index (χ3v) is 2.99. The molecule has 0 amide bonds. The first-order valence-corrected chi connectivity index (χ1v) is 4.99. The van der Waals surface area contributed by atoms with E-state index in [0.717, 1.165) is 22.0 Å². The van der Waals surface area contributed by atoms with E-state index < -0.39 is 0 Å². The highest BCUT2D eigenvalue weighted by atomic mass is 32.1. The number of carbonyl (C=O) groups is 1. The highest BCUT2D eigenvalue weighted by molar-refractivity contribution is 7.13. The number of aromatic nitrogens is 1. The van der Waals surface area contributed by atoms with Crippen molar-refractivity contribution in [3.8, 4) is 0 Å². The lowest BCUT2D eigenvalue weighted by molar-refractivity contribution is 0.101. The van der Waals surface area contributed by atoms with Crippen molar-refractivity contribution in [2.75, 3.05) is 7.11 Å². The van der Waals surface area contributed by atoms with Gasteiger partial charge in [-0.15, -0.1) is 11.3 Å². The third-order valence-electron chi connectivity index (χ3n) is 1.64. The number of methoxy groups -OCH3 is 1. The Balaban J connectivity index is 3.00. The SMILES string of the molecule is CCc1nc(COC)c(C(C)=O)s1. The molecule has 0 unspecified atom stereocenters. The maximum atomic E-state index is 11.2. The molecule has 0 aromatic carbocycles. The lowest BCUT2D eigenvalue weighted by Crippen LogP contribution is -1.97. The first-order chi connectivity index (χ1) is 6.19. The van der Waals surface area contributed by atoms with E-state index in [-0.39, 0.29) is 5.78 Å². The predicted octanol–water partition coefficient (Wildman–Crippen LogP) is 2.05. The minimum absolute atomic E-state index is 0.0734. The highest BCUT2D eigenvalue weighted by Crippen LogP contribution is 2.20. The predicted molar refractivity (Wildman–Crippen MR) is 52.2 cm³/mol. The standard InChI is InChI=1S/C9H13NO2S/c1-4-8-10-7(5-12-3)9(13-8)6(2)11/h4-5H2,1-3H3. The van der Waals surface area contributed by atoms with Gasteiger partial charge in [-0.05, 0) is 6.42 Å². The quantitative estimate of drug-likeness (QED) is 0.697. The van der Waals surface area contributed by atoms with Crippen LogP contribution in [0.25, 0.3) is 0 Å². The molecule has 13 heavy (non-hydrogen) atoms. The van der Waals surface area contributed by atoms with Gasteiger partial charge in [-0.1, -0.05) is 6.92 Å². The Kier molecular flexibility index (Phi) is 3.57. The zero-order valence-corrected chi connectivity index (χ0v) is 8.90. The molecule has 0 aliphatic heterocycles. The van der Waals surface area contributed by atoms with Gasteiger partial charge in [0, 0.05) is 14.0 Å². The van der Waals surface area contributed by atoms with Crippen molar-refractivity contribution in [2.45, 2.75) is 26.9 Å². The molecule has 0 fully saturated rings. The summed E-state index contributed by atoms with van der Waals surface area (Å²) >= 11 is 1.47. The van der Waals surface area contributed by atoms with E-state index in [0.29, 0.717) is 6.61 Å². The van der Waals surface area contributed by atoms with E-state index >= 15 is 0 Å². The molecule has 0 saturated heterocycles. The molecular formula is C9H13NO2S. The monoisotopic (exact) mass is 199 g/mol. The second-order valence-corrected chi connectivity index (χ2v) is 3.81. The lowest BCUT2D eigenvalue weighted by atomic mass is 10.3. The van der Waals surface area contributed by atoms with E-state index in [2.05, 4.69) is 4.98 Å². The average molecular weight is 199 g/mol. The minimum Gasteiger partial charge on any atom is -0.378 e. The summed E-state index contributed by atoms with van der Waals surface area (Å²) in [5, 5.41) is 0.997. The van der Waals surface area contributed by atoms with Crippen molar-refractivity contribution >= 4 is 17.1 Å². The molecule has 0 saturated carbocycles. The molecule has 0 aliphatic rings. The van der Waals surface area contributed by atoms with Crippen LogP contribution in [0.4, 0.5) is 0 Å². The van der Waals surface area contributed by atoms with Crippen LogP contribution in [0.3, 0.4) is 0 Å². The van der Waals surface area contributed by atoms with E-state index in [1.165, 1.54) is 11.3 Å².